The monoisotopic (exact) mass is 266 g/mol. The smallest absolute Gasteiger partial charge is 0.223 e. The van der Waals surface area contributed by atoms with Crippen LogP contribution in [-0.4, -0.2) is 50.2 Å². The standard InChI is InChI=1S/C15H26N2O2/c1-19-10-9-17(12-14-7-4-8-16-14)15(18)11-13-5-2-3-6-13/h2,5,13-14,16H,3-4,6-12H2,1H3. The minimum absolute atomic E-state index is 0.280. The Balaban J connectivity index is 1.83. The second-order valence-corrected chi connectivity index (χ2v) is 5.60. The Labute approximate surface area is 116 Å². The first kappa shape index (κ1) is 14.5. The fourth-order valence-corrected chi connectivity index (χ4v) is 2.92. The van der Waals surface area contributed by atoms with Gasteiger partial charge in [0.25, 0.3) is 0 Å². The highest BCUT2D eigenvalue weighted by atomic mass is 16.5. The van der Waals surface area contributed by atoms with Crippen LogP contribution in [-0.2, 0) is 9.53 Å². The summed E-state index contributed by atoms with van der Waals surface area (Å²) in [7, 11) is 1.69. The average Bonchev–Trinajstić information content (AvgIpc) is 3.07. The molecule has 2 atom stereocenters. The van der Waals surface area contributed by atoms with Crippen LogP contribution in [0.1, 0.15) is 32.1 Å². The third-order valence-corrected chi connectivity index (χ3v) is 4.07. The molecule has 0 bridgehead atoms. The molecule has 108 valence electrons. The molecule has 2 unspecified atom stereocenters. The number of hydrogen-bond donors (Lipinski definition) is 1. The summed E-state index contributed by atoms with van der Waals surface area (Å²) in [6, 6.07) is 0.472. The van der Waals surface area contributed by atoms with Gasteiger partial charge in [-0.2, -0.15) is 0 Å². The first-order valence-electron chi connectivity index (χ1n) is 7.46. The third-order valence-electron chi connectivity index (χ3n) is 4.07. The maximum Gasteiger partial charge on any atom is 0.223 e. The quantitative estimate of drug-likeness (QED) is 0.711. The van der Waals surface area contributed by atoms with E-state index in [2.05, 4.69) is 17.5 Å². The zero-order valence-electron chi connectivity index (χ0n) is 11.9. The van der Waals surface area contributed by atoms with Crippen LogP contribution in [0.2, 0.25) is 0 Å². The van der Waals surface area contributed by atoms with Gasteiger partial charge in [0.05, 0.1) is 6.61 Å². The number of carbonyl (C=O) groups excluding carboxylic acids is 1. The number of allylic oxidation sites excluding steroid dienone is 2. The van der Waals surface area contributed by atoms with Crippen LogP contribution in [0.15, 0.2) is 12.2 Å². The van der Waals surface area contributed by atoms with Crippen molar-refractivity contribution in [1.82, 2.24) is 10.2 Å². The molecule has 0 spiro atoms. The molecule has 19 heavy (non-hydrogen) atoms. The summed E-state index contributed by atoms with van der Waals surface area (Å²) >= 11 is 0. The molecule has 0 radical (unpaired) electrons. The van der Waals surface area contributed by atoms with Gasteiger partial charge in [-0.1, -0.05) is 12.2 Å². The van der Waals surface area contributed by atoms with E-state index < -0.39 is 0 Å². The minimum atomic E-state index is 0.280. The van der Waals surface area contributed by atoms with Crippen molar-refractivity contribution in [2.24, 2.45) is 5.92 Å². The summed E-state index contributed by atoms with van der Waals surface area (Å²) in [6.07, 6.45) is 9.71. The van der Waals surface area contributed by atoms with Gasteiger partial charge in [-0.05, 0) is 38.1 Å². The maximum atomic E-state index is 12.4. The van der Waals surface area contributed by atoms with Gasteiger partial charge in [-0.25, -0.2) is 0 Å². The molecule has 1 aliphatic carbocycles. The predicted octanol–water partition coefficient (Wildman–Crippen LogP) is 1.57. The Bertz CT molecular complexity index is 311. The SMILES string of the molecule is COCCN(CC1CCCN1)C(=O)CC1C=CCC1. The molecule has 1 saturated heterocycles. The third kappa shape index (κ3) is 4.62. The number of nitrogens with zero attached hydrogens (tertiary/aromatic N) is 1. The highest BCUT2D eigenvalue weighted by molar-refractivity contribution is 5.76. The lowest BCUT2D eigenvalue weighted by Crippen LogP contribution is -2.43. The Morgan fingerprint density at radius 3 is 3.00 bits per heavy atom. The van der Waals surface area contributed by atoms with Gasteiger partial charge in [0.15, 0.2) is 0 Å². The van der Waals surface area contributed by atoms with Gasteiger partial charge >= 0.3 is 0 Å². The topological polar surface area (TPSA) is 41.6 Å². The number of rotatable bonds is 7. The molecule has 0 aromatic carbocycles. The molecule has 0 aromatic rings. The van der Waals surface area contributed by atoms with E-state index in [4.69, 9.17) is 4.74 Å². The lowest BCUT2D eigenvalue weighted by atomic mass is 10.0. The molecule has 1 amide bonds. The second kappa shape index (κ2) is 7.65. The van der Waals surface area contributed by atoms with E-state index in [9.17, 15) is 4.79 Å². The molecule has 4 nitrogen and oxygen atoms in total. The van der Waals surface area contributed by atoms with Crippen LogP contribution in [0, 0.1) is 5.92 Å². The summed E-state index contributed by atoms with van der Waals surface area (Å²) in [5.41, 5.74) is 0. The van der Waals surface area contributed by atoms with Gasteiger partial charge in [-0.3, -0.25) is 4.79 Å². The first-order valence-corrected chi connectivity index (χ1v) is 7.46. The molecule has 1 heterocycles. The summed E-state index contributed by atoms with van der Waals surface area (Å²) in [4.78, 5) is 14.4. The Morgan fingerprint density at radius 2 is 2.37 bits per heavy atom. The molecule has 0 aromatic heterocycles. The van der Waals surface area contributed by atoms with E-state index in [0.29, 0.717) is 31.5 Å². The van der Waals surface area contributed by atoms with Crippen molar-refractivity contribution in [3.8, 4) is 0 Å². The van der Waals surface area contributed by atoms with Crippen LogP contribution in [0.4, 0.5) is 0 Å². The van der Waals surface area contributed by atoms with Crippen molar-refractivity contribution >= 4 is 5.91 Å². The fraction of sp³-hybridized carbons (Fsp3) is 0.800. The summed E-state index contributed by atoms with van der Waals surface area (Å²) in [5.74, 6) is 0.733. The summed E-state index contributed by atoms with van der Waals surface area (Å²) < 4.78 is 5.13. The highest BCUT2D eigenvalue weighted by Gasteiger charge is 2.23. The van der Waals surface area contributed by atoms with Crippen LogP contribution in [0.5, 0.6) is 0 Å². The van der Waals surface area contributed by atoms with Crippen molar-refractivity contribution in [1.29, 1.82) is 0 Å². The van der Waals surface area contributed by atoms with Gasteiger partial charge in [0.1, 0.15) is 0 Å². The van der Waals surface area contributed by atoms with Crippen molar-refractivity contribution in [3.63, 3.8) is 0 Å². The minimum Gasteiger partial charge on any atom is -0.383 e. The van der Waals surface area contributed by atoms with Gasteiger partial charge in [0, 0.05) is 32.7 Å². The molecule has 2 rings (SSSR count). The van der Waals surface area contributed by atoms with E-state index in [1.165, 1.54) is 12.8 Å². The van der Waals surface area contributed by atoms with Gasteiger partial charge in [0.2, 0.25) is 5.91 Å². The molecule has 1 N–H and O–H groups in total. The van der Waals surface area contributed by atoms with Gasteiger partial charge < -0.3 is 15.0 Å². The molecule has 0 saturated carbocycles. The molecular weight excluding hydrogens is 240 g/mol. The maximum absolute atomic E-state index is 12.4. The molecule has 4 heteroatoms. The largest absolute Gasteiger partial charge is 0.383 e. The summed E-state index contributed by atoms with van der Waals surface area (Å²) in [5, 5.41) is 3.46. The number of hydrogen-bond acceptors (Lipinski definition) is 3. The normalized spacial score (nSPS) is 25.9. The number of nitrogens with one attached hydrogen (secondary N) is 1. The van der Waals surface area contributed by atoms with E-state index >= 15 is 0 Å². The lowest BCUT2D eigenvalue weighted by molar-refractivity contribution is -0.132. The summed E-state index contributed by atoms with van der Waals surface area (Å²) in [6.45, 7) is 3.25. The van der Waals surface area contributed by atoms with Crippen molar-refractivity contribution < 1.29 is 9.53 Å². The van der Waals surface area contributed by atoms with E-state index in [1.807, 2.05) is 4.90 Å². The van der Waals surface area contributed by atoms with Crippen LogP contribution >= 0.6 is 0 Å². The Morgan fingerprint density at radius 1 is 1.47 bits per heavy atom. The van der Waals surface area contributed by atoms with Gasteiger partial charge in [-0.15, -0.1) is 0 Å². The van der Waals surface area contributed by atoms with Crippen molar-refractivity contribution in [2.75, 3.05) is 33.4 Å². The number of methoxy groups -OCH3 is 1. The van der Waals surface area contributed by atoms with Crippen molar-refractivity contribution in [2.45, 2.75) is 38.1 Å². The van der Waals surface area contributed by atoms with Crippen LogP contribution in [0.25, 0.3) is 0 Å². The number of carbonyl (C=O) groups is 1. The van der Waals surface area contributed by atoms with Crippen LogP contribution < -0.4 is 5.32 Å². The first-order chi connectivity index (χ1) is 9.29. The Hall–Kier alpha value is -0.870. The highest BCUT2D eigenvalue weighted by Crippen LogP contribution is 2.21. The number of amides is 1. The second-order valence-electron chi connectivity index (χ2n) is 5.60. The Kier molecular flexibility index (Phi) is 5.86. The predicted molar refractivity (Wildman–Crippen MR) is 76.0 cm³/mol. The molecular formula is C15H26N2O2. The molecule has 1 aliphatic heterocycles. The van der Waals surface area contributed by atoms with Crippen LogP contribution in [0.3, 0.4) is 0 Å². The van der Waals surface area contributed by atoms with E-state index in [1.54, 1.807) is 7.11 Å². The van der Waals surface area contributed by atoms with Crippen molar-refractivity contribution in [3.05, 3.63) is 12.2 Å². The zero-order chi connectivity index (χ0) is 13.5. The fourth-order valence-electron chi connectivity index (χ4n) is 2.92. The van der Waals surface area contributed by atoms with E-state index in [0.717, 1.165) is 25.9 Å². The zero-order valence-corrected chi connectivity index (χ0v) is 11.9. The molecule has 2 aliphatic rings. The van der Waals surface area contributed by atoms with E-state index in [-0.39, 0.29) is 5.91 Å². The average molecular weight is 266 g/mol. The number of ether oxygens (including phenoxy) is 1. The lowest BCUT2D eigenvalue weighted by Gasteiger charge is -2.26. The molecule has 1 fully saturated rings.